The third-order valence-corrected chi connectivity index (χ3v) is 5.45. The molecule has 0 aliphatic carbocycles. The van der Waals surface area contributed by atoms with Gasteiger partial charge in [-0.15, -0.1) is 0 Å². The average Bonchev–Trinajstić information content (AvgIpc) is 2.69. The molecule has 128 valence electrons. The smallest absolute Gasteiger partial charge is 0.226 e. The second kappa shape index (κ2) is 7.38. The SMILES string of the molecule is CC(C)Nc1nc(Cl)nc2c1c(Cl)cn2COCC[Si](C)(C)C. The Balaban J connectivity index is 2.23. The Labute approximate surface area is 148 Å². The molecule has 0 fully saturated rings. The zero-order chi connectivity index (χ0) is 17.2. The molecule has 0 aliphatic heterocycles. The highest BCUT2D eigenvalue weighted by molar-refractivity contribution is 6.76. The lowest BCUT2D eigenvalue weighted by atomic mass is 10.3. The first-order valence-corrected chi connectivity index (χ1v) is 12.2. The van der Waals surface area contributed by atoms with Gasteiger partial charge in [-0.3, -0.25) is 0 Å². The fourth-order valence-electron chi connectivity index (χ4n) is 2.13. The zero-order valence-electron chi connectivity index (χ0n) is 14.3. The van der Waals surface area contributed by atoms with Crippen molar-refractivity contribution < 1.29 is 4.74 Å². The van der Waals surface area contributed by atoms with Gasteiger partial charge in [-0.2, -0.15) is 9.97 Å². The molecule has 0 atom stereocenters. The Morgan fingerprint density at radius 2 is 1.96 bits per heavy atom. The average molecular weight is 375 g/mol. The number of hydrogen-bond acceptors (Lipinski definition) is 4. The van der Waals surface area contributed by atoms with Gasteiger partial charge in [0.25, 0.3) is 0 Å². The largest absolute Gasteiger partial charge is 0.367 e. The Morgan fingerprint density at radius 1 is 1.26 bits per heavy atom. The first-order valence-electron chi connectivity index (χ1n) is 7.73. The molecule has 1 N–H and O–H groups in total. The van der Waals surface area contributed by atoms with Crippen LogP contribution in [0.1, 0.15) is 13.8 Å². The monoisotopic (exact) mass is 374 g/mol. The van der Waals surface area contributed by atoms with Crippen LogP contribution < -0.4 is 5.32 Å². The number of halogens is 2. The molecule has 2 aromatic rings. The maximum absolute atomic E-state index is 6.37. The van der Waals surface area contributed by atoms with Crippen LogP contribution in [-0.2, 0) is 11.5 Å². The minimum atomic E-state index is -1.10. The summed E-state index contributed by atoms with van der Waals surface area (Å²) in [4.78, 5) is 8.57. The van der Waals surface area contributed by atoms with Gasteiger partial charge in [0.15, 0.2) is 5.65 Å². The third-order valence-electron chi connectivity index (χ3n) is 3.29. The van der Waals surface area contributed by atoms with Crippen LogP contribution in [-0.4, -0.2) is 35.3 Å². The van der Waals surface area contributed by atoms with Gasteiger partial charge in [-0.1, -0.05) is 31.2 Å². The van der Waals surface area contributed by atoms with Crippen molar-refractivity contribution in [1.29, 1.82) is 0 Å². The van der Waals surface area contributed by atoms with E-state index in [1.807, 2.05) is 24.6 Å². The van der Waals surface area contributed by atoms with Crippen molar-refractivity contribution >= 4 is 48.1 Å². The van der Waals surface area contributed by atoms with Crippen molar-refractivity contribution in [3.05, 3.63) is 16.5 Å². The second-order valence-corrected chi connectivity index (χ2v) is 13.5. The molecule has 0 unspecified atom stereocenters. The van der Waals surface area contributed by atoms with Crippen LogP contribution in [0.3, 0.4) is 0 Å². The molecule has 0 bridgehead atoms. The normalized spacial score (nSPS) is 12.3. The number of fused-ring (bicyclic) bond motifs is 1. The highest BCUT2D eigenvalue weighted by atomic mass is 35.5. The van der Waals surface area contributed by atoms with Crippen molar-refractivity contribution in [2.45, 2.75) is 52.3 Å². The number of aromatic nitrogens is 3. The van der Waals surface area contributed by atoms with Gasteiger partial charge in [0.2, 0.25) is 5.28 Å². The summed E-state index contributed by atoms with van der Waals surface area (Å²) < 4.78 is 7.67. The van der Waals surface area contributed by atoms with Gasteiger partial charge in [-0.25, -0.2) is 0 Å². The van der Waals surface area contributed by atoms with E-state index in [9.17, 15) is 0 Å². The zero-order valence-corrected chi connectivity index (χ0v) is 16.8. The van der Waals surface area contributed by atoms with E-state index in [1.165, 1.54) is 0 Å². The van der Waals surface area contributed by atoms with E-state index < -0.39 is 8.07 Å². The number of nitrogens with zero attached hydrogens (tertiary/aromatic N) is 3. The molecule has 0 radical (unpaired) electrons. The van der Waals surface area contributed by atoms with Crippen LogP contribution in [0.15, 0.2) is 6.20 Å². The molecule has 2 rings (SSSR count). The third kappa shape index (κ3) is 5.07. The molecule has 0 spiro atoms. The maximum Gasteiger partial charge on any atom is 0.226 e. The summed E-state index contributed by atoms with van der Waals surface area (Å²) in [6.45, 7) is 12.2. The Hall–Kier alpha value is -0.823. The highest BCUT2D eigenvalue weighted by Gasteiger charge is 2.17. The van der Waals surface area contributed by atoms with E-state index in [1.54, 1.807) is 0 Å². The number of anilines is 1. The Bertz CT molecular complexity index is 682. The molecule has 2 aromatic heterocycles. The molecule has 0 aromatic carbocycles. The summed E-state index contributed by atoms with van der Waals surface area (Å²) in [5.74, 6) is 0.654. The van der Waals surface area contributed by atoms with Gasteiger partial charge >= 0.3 is 0 Å². The number of hydrogen-bond donors (Lipinski definition) is 1. The van der Waals surface area contributed by atoms with E-state index >= 15 is 0 Å². The molecule has 0 amide bonds. The molecule has 0 saturated heterocycles. The predicted octanol–water partition coefficient (Wildman–Crippen LogP) is 4.87. The molecule has 8 heteroatoms. The van der Waals surface area contributed by atoms with Crippen molar-refractivity contribution in [2.75, 3.05) is 11.9 Å². The summed E-state index contributed by atoms with van der Waals surface area (Å²) in [6.07, 6.45) is 1.82. The van der Waals surface area contributed by atoms with Crippen molar-refractivity contribution in [3.63, 3.8) is 0 Å². The van der Waals surface area contributed by atoms with Gasteiger partial charge in [-0.05, 0) is 31.5 Å². The lowest BCUT2D eigenvalue weighted by Gasteiger charge is -2.15. The summed E-state index contributed by atoms with van der Waals surface area (Å²) in [6, 6.07) is 1.34. The van der Waals surface area contributed by atoms with Gasteiger partial charge in [0, 0.05) is 26.9 Å². The number of ether oxygens (including phenoxy) is 1. The van der Waals surface area contributed by atoms with Crippen LogP contribution in [0, 0.1) is 0 Å². The van der Waals surface area contributed by atoms with E-state index in [0.29, 0.717) is 23.2 Å². The van der Waals surface area contributed by atoms with Crippen LogP contribution in [0.2, 0.25) is 36.0 Å². The second-order valence-electron chi connectivity index (χ2n) is 7.13. The first kappa shape index (κ1) is 18.5. The fourth-order valence-corrected chi connectivity index (χ4v) is 3.34. The standard InChI is InChI=1S/C15H24Cl2N4OSi/c1-10(2)18-13-12-11(16)8-21(14(12)20-15(17)19-13)9-22-6-7-23(3,4)5/h8,10H,6-7,9H2,1-5H3,(H,18,19,20). The van der Waals surface area contributed by atoms with Crippen LogP contribution in [0.4, 0.5) is 5.82 Å². The summed E-state index contributed by atoms with van der Waals surface area (Å²) in [5, 5.41) is 4.82. The van der Waals surface area contributed by atoms with E-state index in [0.717, 1.165) is 18.0 Å². The van der Waals surface area contributed by atoms with Gasteiger partial charge < -0.3 is 14.6 Å². The van der Waals surface area contributed by atoms with Crippen LogP contribution >= 0.6 is 23.2 Å². The topological polar surface area (TPSA) is 52.0 Å². The Morgan fingerprint density at radius 3 is 2.57 bits per heavy atom. The summed E-state index contributed by atoms with van der Waals surface area (Å²) in [5.41, 5.74) is 0.686. The van der Waals surface area contributed by atoms with E-state index in [2.05, 4.69) is 34.9 Å². The quantitative estimate of drug-likeness (QED) is 0.426. The number of nitrogens with one attached hydrogen (secondary N) is 1. The summed E-state index contributed by atoms with van der Waals surface area (Å²) >= 11 is 12.4. The van der Waals surface area contributed by atoms with E-state index in [-0.39, 0.29) is 11.3 Å². The molecule has 0 aliphatic rings. The first-order chi connectivity index (χ1) is 10.7. The lowest BCUT2D eigenvalue weighted by Crippen LogP contribution is -2.22. The Kier molecular flexibility index (Phi) is 5.94. The molecular formula is C15H24Cl2N4OSi. The lowest BCUT2D eigenvalue weighted by molar-refractivity contribution is 0.0899. The maximum atomic E-state index is 6.37. The van der Waals surface area contributed by atoms with Gasteiger partial charge in [0.1, 0.15) is 12.5 Å². The highest BCUT2D eigenvalue weighted by Crippen LogP contribution is 2.31. The van der Waals surface area contributed by atoms with Crippen molar-refractivity contribution in [2.24, 2.45) is 0 Å². The number of rotatable bonds is 7. The van der Waals surface area contributed by atoms with Crippen LogP contribution in [0.5, 0.6) is 0 Å². The predicted molar refractivity (Wildman–Crippen MR) is 100 cm³/mol. The van der Waals surface area contributed by atoms with Crippen molar-refractivity contribution in [1.82, 2.24) is 14.5 Å². The molecular weight excluding hydrogens is 351 g/mol. The summed E-state index contributed by atoms with van der Waals surface area (Å²) in [7, 11) is -1.10. The molecule has 0 saturated carbocycles. The van der Waals surface area contributed by atoms with E-state index in [4.69, 9.17) is 27.9 Å². The molecule has 5 nitrogen and oxygen atoms in total. The minimum absolute atomic E-state index is 0.193. The minimum Gasteiger partial charge on any atom is -0.367 e. The molecule has 2 heterocycles. The van der Waals surface area contributed by atoms with Crippen molar-refractivity contribution in [3.8, 4) is 0 Å². The molecule has 23 heavy (non-hydrogen) atoms. The van der Waals surface area contributed by atoms with Crippen LogP contribution in [0.25, 0.3) is 11.0 Å². The van der Waals surface area contributed by atoms with Gasteiger partial charge in [0.05, 0.1) is 10.4 Å². The fraction of sp³-hybridized carbons (Fsp3) is 0.600.